The van der Waals surface area contributed by atoms with E-state index in [4.69, 9.17) is 0 Å². The Morgan fingerprint density at radius 1 is 0.727 bits per heavy atom. The van der Waals surface area contributed by atoms with Crippen LogP contribution in [0.3, 0.4) is 0 Å². The first-order valence-corrected chi connectivity index (χ1v) is 8.64. The second-order valence-corrected chi connectivity index (χ2v) is 6.98. The highest BCUT2D eigenvalue weighted by Crippen LogP contribution is 2.63. The van der Waals surface area contributed by atoms with Crippen molar-refractivity contribution in [3.8, 4) is 0 Å². The van der Waals surface area contributed by atoms with E-state index in [9.17, 15) is 5.11 Å². The zero-order valence-corrected chi connectivity index (χ0v) is 12.9. The highest BCUT2D eigenvalue weighted by Gasteiger charge is 2.55. The van der Waals surface area contributed by atoms with Gasteiger partial charge in [0.05, 0.1) is 6.10 Å². The van der Waals surface area contributed by atoms with Crippen LogP contribution in [-0.2, 0) is 0 Å². The van der Waals surface area contributed by atoms with Crippen LogP contribution in [0.2, 0.25) is 0 Å². The van der Waals surface area contributed by atoms with E-state index in [1.807, 2.05) is 18.2 Å². The first kappa shape index (κ1) is 14.0. The van der Waals surface area contributed by atoms with Gasteiger partial charge in [0, 0.05) is 5.92 Å². The zero-order chi connectivity index (χ0) is 14.9. The van der Waals surface area contributed by atoms with Crippen molar-refractivity contribution in [1.29, 1.82) is 0 Å². The fourth-order valence-electron chi connectivity index (χ4n) is 4.73. The molecular formula is C21H24O. The van der Waals surface area contributed by atoms with Crippen LogP contribution in [0.1, 0.15) is 48.8 Å². The molecule has 0 heterocycles. The van der Waals surface area contributed by atoms with E-state index in [1.165, 1.54) is 31.2 Å². The molecule has 0 saturated heterocycles. The van der Waals surface area contributed by atoms with Crippen molar-refractivity contribution in [2.75, 3.05) is 0 Å². The van der Waals surface area contributed by atoms with Crippen molar-refractivity contribution < 1.29 is 5.11 Å². The smallest absolute Gasteiger partial charge is 0.0861 e. The van der Waals surface area contributed by atoms with Crippen LogP contribution in [-0.4, -0.2) is 5.11 Å². The minimum Gasteiger partial charge on any atom is -0.388 e. The van der Waals surface area contributed by atoms with Gasteiger partial charge in [-0.15, -0.1) is 0 Å². The molecule has 0 amide bonds. The van der Waals surface area contributed by atoms with Crippen molar-refractivity contribution in [3.63, 3.8) is 0 Å². The van der Waals surface area contributed by atoms with Crippen LogP contribution in [0.15, 0.2) is 60.7 Å². The molecule has 4 rings (SSSR count). The second kappa shape index (κ2) is 5.89. The Labute approximate surface area is 133 Å². The topological polar surface area (TPSA) is 20.2 Å². The van der Waals surface area contributed by atoms with Crippen molar-refractivity contribution in [1.82, 2.24) is 0 Å². The summed E-state index contributed by atoms with van der Waals surface area (Å²) in [6.07, 6.45) is 5.08. The number of hydrogen-bond donors (Lipinski definition) is 1. The summed E-state index contributed by atoms with van der Waals surface area (Å²) >= 11 is 0. The SMILES string of the molecule is O[C@H](c1ccccc1)[C@@H](c1ccccc1)C1[C@H]2CCCC[C@@H]12. The van der Waals surface area contributed by atoms with Gasteiger partial charge in [-0.05, 0) is 41.7 Å². The normalized spacial score (nSPS) is 29.4. The van der Waals surface area contributed by atoms with E-state index in [-0.39, 0.29) is 12.0 Å². The molecule has 2 aliphatic rings. The van der Waals surface area contributed by atoms with Crippen molar-refractivity contribution >= 4 is 0 Å². The summed E-state index contributed by atoms with van der Waals surface area (Å²) in [7, 11) is 0. The van der Waals surface area contributed by atoms with Gasteiger partial charge in [0.1, 0.15) is 0 Å². The Kier molecular flexibility index (Phi) is 3.75. The van der Waals surface area contributed by atoms with E-state index in [0.717, 1.165) is 17.4 Å². The fraction of sp³-hybridized carbons (Fsp3) is 0.429. The summed E-state index contributed by atoms with van der Waals surface area (Å²) in [5.41, 5.74) is 2.36. The molecule has 2 saturated carbocycles. The number of fused-ring (bicyclic) bond motifs is 1. The second-order valence-electron chi connectivity index (χ2n) is 6.98. The lowest BCUT2D eigenvalue weighted by atomic mass is 9.84. The van der Waals surface area contributed by atoms with Gasteiger partial charge in [-0.3, -0.25) is 0 Å². The average Bonchev–Trinajstić information content (AvgIpc) is 3.31. The van der Waals surface area contributed by atoms with E-state index < -0.39 is 0 Å². The third-order valence-electron chi connectivity index (χ3n) is 5.80. The van der Waals surface area contributed by atoms with Crippen molar-refractivity contribution in [2.24, 2.45) is 17.8 Å². The van der Waals surface area contributed by atoms with Gasteiger partial charge in [0.25, 0.3) is 0 Å². The molecule has 0 radical (unpaired) electrons. The number of benzene rings is 2. The largest absolute Gasteiger partial charge is 0.388 e. The van der Waals surface area contributed by atoms with Gasteiger partial charge in [0.2, 0.25) is 0 Å². The Morgan fingerprint density at radius 2 is 1.23 bits per heavy atom. The summed E-state index contributed by atoms with van der Waals surface area (Å²) in [6.45, 7) is 0. The summed E-state index contributed by atoms with van der Waals surface area (Å²) in [5.74, 6) is 2.60. The Balaban J connectivity index is 1.67. The standard InChI is InChI=1S/C21H24O/c22-21(16-11-5-2-6-12-16)19(15-9-3-1-4-10-15)20-17-13-7-8-14-18(17)20/h1-6,9-12,17-22H,7-8,13-14H2/t17-,18+,19-,20?,21+/m0/s1. The lowest BCUT2D eigenvalue weighted by Crippen LogP contribution is -2.14. The van der Waals surface area contributed by atoms with Gasteiger partial charge < -0.3 is 5.11 Å². The molecule has 2 aromatic rings. The molecule has 0 aliphatic heterocycles. The van der Waals surface area contributed by atoms with Crippen LogP contribution in [0.4, 0.5) is 0 Å². The quantitative estimate of drug-likeness (QED) is 0.846. The fourth-order valence-corrected chi connectivity index (χ4v) is 4.73. The van der Waals surface area contributed by atoms with Gasteiger partial charge in [0.15, 0.2) is 0 Å². The maximum Gasteiger partial charge on any atom is 0.0861 e. The maximum atomic E-state index is 11.1. The van der Waals surface area contributed by atoms with E-state index in [1.54, 1.807) is 0 Å². The molecule has 1 heteroatoms. The molecule has 2 fully saturated rings. The van der Waals surface area contributed by atoms with E-state index >= 15 is 0 Å². The molecule has 5 atom stereocenters. The lowest BCUT2D eigenvalue weighted by Gasteiger charge is -2.25. The van der Waals surface area contributed by atoms with Crippen LogP contribution in [0.25, 0.3) is 0 Å². The first-order valence-electron chi connectivity index (χ1n) is 8.64. The average molecular weight is 292 g/mol. The number of aliphatic hydroxyl groups excluding tert-OH is 1. The molecule has 0 bridgehead atoms. The molecule has 22 heavy (non-hydrogen) atoms. The third-order valence-corrected chi connectivity index (χ3v) is 5.80. The van der Waals surface area contributed by atoms with Crippen LogP contribution in [0.5, 0.6) is 0 Å². The Morgan fingerprint density at radius 3 is 1.77 bits per heavy atom. The van der Waals surface area contributed by atoms with Crippen LogP contribution in [0, 0.1) is 17.8 Å². The molecule has 0 spiro atoms. The van der Waals surface area contributed by atoms with Crippen molar-refractivity contribution in [2.45, 2.75) is 37.7 Å². The van der Waals surface area contributed by atoms with Gasteiger partial charge in [-0.25, -0.2) is 0 Å². The summed E-state index contributed by atoms with van der Waals surface area (Å²) < 4.78 is 0. The molecular weight excluding hydrogens is 268 g/mol. The van der Waals surface area contributed by atoms with Gasteiger partial charge >= 0.3 is 0 Å². The summed E-state index contributed by atoms with van der Waals surface area (Å²) in [5, 5.41) is 11.1. The minimum atomic E-state index is -0.390. The first-order chi connectivity index (χ1) is 10.9. The molecule has 0 aromatic heterocycles. The number of rotatable bonds is 4. The highest BCUT2D eigenvalue weighted by atomic mass is 16.3. The van der Waals surface area contributed by atoms with E-state index in [2.05, 4.69) is 42.5 Å². The number of hydrogen-bond acceptors (Lipinski definition) is 1. The lowest BCUT2D eigenvalue weighted by molar-refractivity contribution is 0.130. The zero-order valence-electron chi connectivity index (χ0n) is 12.9. The van der Waals surface area contributed by atoms with Crippen molar-refractivity contribution in [3.05, 3.63) is 71.8 Å². The molecule has 114 valence electrons. The summed E-state index contributed by atoms with van der Waals surface area (Å²) in [6, 6.07) is 20.9. The third kappa shape index (κ3) is 2.48. The monoisotopic (exact) mass is 292 g/mol. The molecule has 2 aliphatic carbocycles. The Bertz CT molecular complexity index is 594. The van der Waals surface area contributed by atoms with Crippen LogP contribution < -0.4 is 0 Å². The van der Waals surface area contributed by atoms with Gasteiger partial charge in [-0.2, -0.15) is 0 Å². The molecule has 2 aromatic carbocycles. The molecule has 1 N–H and O–H groups in total. The molecule has 1 nitrogen and oxygen atoms in total. The Hall–Kier alpha value is -1.60. The number of aliphatic hydroxyl groups is 1. The predicted octanol–water partition coefficient (Wildman–Crippen LogP) is 4.94. The van der Waals surface area contributed by atoms with Gasteiger partial charge in [-0.1, -0.05) is 73.5 Å². The predicted molar refractivity (Wildman–Crippen MR) is 89.5 cm³/mol. The van der Waals surface area contributed by atoms with Crippen LogP contribution >= 0.6 is 0 Å². The minimum absolute atomic E-state index is 0.247. The summed E-state index contributed by atoms with van der Waals surface area (Å²) in [4.78, 5) is 0. The highest BCUT2D eigenvalue weighted by molar-refractivity contribution is 5.30. The molecule has 1 unspecified atom stereocenters. The maximum absolute atomic E-state index is 11.1. The van der Waals surface area contributed by atoms with E-state index in [0.29, 0.717) is 5.92 Å².